The Balaban J connectivity index is 1.88. The standard InChI is InChI=1S/C14H26N2O2/c1-14(2,3)18-10-13(17)16-9-5-7-12(16)11-6-4-8-15-11/h11-12,15H,4-10H2,1-3H3. The van der Waals surface area contributed by atoms with E-state index in [1.54, 1.807) is 0 Å². The van der Waals surface area contributed by atoms with Gasteiger partial charge in [0.05, 0.1) is 5.60 Å². The average Bonchev–Trinajstić information content (AvgIpc) is 2.94. The van der Waals surface area contributed by atoms with Gasteiger partial charge in [-0.1, -0.05) is 0 Å². The van der Waals surface area contributed by atoms with Gasteiger partial charge in [0, 0.05) is 18.6 Å². The molecule has 0 aromatic carbocycles. The zero-order valence-corrected chi connectivity index (χ0v) is 11.9. The van der Waals surface area contributed by atoms with Crippen LogP contribution in [0.3, 0.4) is 0 Å². The van der Waals surface area contributed by atoms with Crippen LogP contribution >= 0.6 is 0 Å². The minimum atomic E-state index is -0.240. The molecule has 0 radical (unpaired) electrons. The molecular formula is C14H26N2O2. The summed E-state index contributed by atoms with van der Waals surface area (Å²) >= 11 is 0. The molecule has 2 fully saturated rings. The number of likely N-dealkylation sites (tertiary alicyclic amines) is 1. The number of amides is 1. The minimum absolute atomic E-state index is 0.154. The Labute approximate surface area is 110 Å². The van der Waals surface area contributed by atoms with Gasteiger partial charge in [0.1, 0.15) is 6.61 Å². The summed E-state index contributed by atoms with van der Waals surface area (Å²) in [5.41, 5.74) is -0.240. The Morgan fingerprint density at radius 1 is 1.33 bits per heavy atom. The van der Waals surface area contributed by atoms with Crippen molar-refractivity contribution >= 4 is 5.91 Å². The van der Waals surface area contributed by atoms with E-state index in [4.69, 9.17) is 4.74 Å². The zero-order chi connectivity index (χ0) is 13.2. The van der Waals surface area contributed by atoms with E-state index in [9.17, 15) is 4.79 Å². The Bertz CT molecular complexity index is 293. The van der Waals surface area contributed by atoms with Crippen molar-refractivity contribution in [1.82, 2.24) is 10.2 Å². The summed E-state index contributed by atoms with van der Waals surface area (Å²) in [5, 5.41) is 3.52. The second kappa shape index (κ2) is 5.57. The monoisotopic (exact) mass is 254 g/mol. The highest BCUT2D eigenvalue weighted by atomic mass is 16.5. The lowest BCUT2D eigenvalue weighted by atomic mass is 10.0. The van der Waals surface area contributed by atoms with E-state index in [0.717, 1.165) is 25.9 Å². The highest BCUT2D eigenvalue weighted by Crippen LogP contribution is 2.25. The number of ether oxygens (including phenoxy) is 1. The van der Waals surface area contributed by atoms with Crippen LogP contribution in [0.15, 0.2) is 0 Å². The molecule has 104 valence electrons. The molecule has 2 rings (SSSR count). The summed E-state index contributed by atoms with van der Waals surface area (Å²) in [5.74, 6) is 0.154. The Morgan fingerprint density at radius 2 is 2.11 bits per heavy atom. The number of carbonyl (C=O) groups excluding carboxylic acids is 1. The van der Waals surface area contributed by atoms with E-state index in [-0.39, 0.29) is 18.1 Å². The van der Waals surface area contributed by atoms with E-state index in [2.05, 4.69) is 5.32 Å². The molecule has 1 amide bonds. The van der Waals surface area contributed by atoms with Gasteiger partial charge in [-0.05, 0) is 53.0 Å². The van der Waals surface area contributed by atoms with Gasteiger partial charge in [-0.25, -0.2) is 0 Å². The van der Waals surface area contributed by atoms with Crippen LogP contribution in [0.1, 0.15) is 46.5 Å². The number of nitrogens with one attached hydrogen (secondary N) is 1. The van der Waals surface area contributed by atoms with Gasteiger partial charge in [-0.3, -0.25) is 4.79 Å². The summed E-state index contributed by atoms with van der Waals surface area (Å²) in [4.78, 5) is 14.3. The van der Waals surface area contributed by atoms with E-state index >= 15 is 0 Å². The largest absolute Gasteiger partial charge is 0.366 e. The SMILES string of the molecule is CC(C)(C)OCC(=O)N1CCCC1C1CCCN1. The lowest BCUT2D eigenvalue weighted by molar-refractivity contribution is -0.142. The lowest BCUT2D eigenvalue weighted by Crippen LogP contribution is -2.48. The van der Waals surface area contributed by atoms with Crippen LogP contribution in [-0.4, -0.2) is 48.2 Å². The summed E-state index contributed by atoms with van der Waals surface area (Å²) in [6, 6.07) is 0.898. The Morgan fingerprint density at radius 3 is 2.72 bits per heavy atom. The maximum absolute atomic E-state index is 12.2. The number of carbonyl (C=O) groups is 1. The van der Waals surface area contributed by atoms with Crippen LogP contribution in [0.25, 0.3) is 0 Å². The number of hydrogen-bond donors (Lipinski definition) is 1. The van der Waals surface area contributed by atoms with Gasteiger partial charge in [0.2, 0.25) is 5.91 Å². The zero-order valence-electron chi connectivity index (χ0n) is 11.9. The third-order valence-electron chi connectivity index (χ3n) is 3.81. The Kier molecular flexibility index (Phi) is 4.28. The fourth-order valence-electron chi connectivity index (χ4n) is 2.92. The summed E-state index contributed by atoms with van der Waals surface area (Å²) in [6.45, 7) is 8.17. The molecular weight excluding hydrogens is 228 g/mol. The normalized spacial score (nSPS) is 28.9. The van der Waals surface area contributed by atoms with Gasteiger partial charge in [-0.2, -0.15) is 0 Å². The molecule has 2 atom stereocenters. The second-order valence-corrected chi connectivity index (χ2v) is 6.40. The maximum Gasteiger partial charge on any atom is 0.248 e. The third-order valence-corrected chi connectivity index (χ3v) is 3.81. The molecule has 0 aromatic rings. The van der Waals surface area contributed by atoms with Crippen molar-refractivity contribution in [1.29, 1.82) is 0 Å². The molecule has 0 saturated carbocycles. The Hall–Kier alpha value is -0.610. The van der Waals surface area contributed by atoms with Crippen LogP contribution < -0.4 is 5.32 Å². The second-order valence-electron chi connectivity index (χ2n) is 6.40. The van der Waals surface area contributed by atoms with Crippen LogP contribution in [0.4, 0.5) is 0 Å². The molecule has 0 spiro atoms. The molecule has 2 aliphatic heterocycles. The molecule has 4 heteroatoms. The molecule has 2 saturated heterocycles. The van der Waals surface area contributed by atoms with Crippen molar-refractivity contribution < 1.29 is 9.53 Å². The van der Waals surface area contributed by atoms with E-state index in [0.29, 0.717) is 12.1 Å². The van der Waals surface area contributed by atoms with Gasteiger partial charge in [0.15, 0.2) is 0 Å². The molecule has 0 aliphatic carbocycles. The van der Waals surface area contributed by atoms with E-state index < -0.39 is 0 Å². The van der Waals surface area contributed by atoms with Crippen LogP contribution in [0, 0.1) is 0 Å². The molecule has 0 aromatic heterocycles. The highest BCUT2D eigenvalue weighted by molar-refractivity contribution is 5.78. The van der Waals surface area contributed by atoms with Gasteiger partial charge >= 0.3 is 0 Å². The van der Waals surface area contributed by atoms with Crippen molar-refractivity contribution in [3.8, 4) is 0 Å². The first-order valence-corrected chi connectivity index (χ1v) is 7.14. The van der Waals surface area contributed by atoms with Crippen molar-refractivity contribution in [2.75, 3.05) is 19.7 Å². The molecule has 0 bridgehead atoms. The first-order valence-electron chi connectivity index (χ1n) is 7.14. The average molecular weight is 254 g/mol. The molecule has 4 nitrogen and oxygen atoms in total. The van der Waals surface area contributed by atoms with Crippen molar-refractivity contribution in [2.24, 2.45) is 0 Å². The fraction of sp³-hybridized carbons (Fsp3) is 0.929. The quantitative estimate of drug-likeness (QED) is 0.831. The number of rotatable bonds is 3. The fourth-order valence-corrected chi connectivity index (χ4v) is 2.92. The molecule has 2 heterocycles. The predicted molar refractivity (Wildman–Crippen MR) is 71.5 cm³/mol. The molecule has 2 unspecified atom stereocenters. The van der Waals surface area contributed by atoms with Crippen LogP contribution in [-0.2, 0) is 9.53 Å². The number of nitrogens with zero attached hydrogens (tertiary/aromatic N) is 1. The minimum Gasteiger partial charge on any atom is -0.366 e. The molecule has 1 N–H and O–H groups in total. The summed E-state index contributed by atoms with van der Waals surface area (Å²) in [6.07, 6.45) is 4.71. The summed E-state index contributed by atoms with van der Waals surface area (Å²) in [7, 11) is 0. The predicted octanol–water partition coefficient (Wildman–Crippen LogP) is 1.54. The molecule has 2 aliphatic rings. The maximum atomic E-state index is 12.2. The smallest absolute Gasteiger partial charge is 0.248 e. The summed E-state index contributed by atoms with van der Waals surface area (Å²) < 4.78 is 5.60. The van der Waals surface area contributed by atoms with Crippen LogP contribution in [0.2, 0.25) is 0 Å². The van der Waals surface area contributed by atoms with Crippen molar-refractivity contribution in [3.05, 3.63) is 0 Å². The number of hydrogen-bond acceptors (Lipinski definition) is 3. The van der Waals surface area contributed by atoms with E-state index in [1.807, 2.05) is 25.7 Å². The highest BCUT2D eigenvalue weighted by Gasteiger charge is 2.35. The van der Waals surface area contributed by atoms with E-state index in [1.165, 1.54) is 12.8 Å². The first-order chi connectivity index (χ1) is 8.47. The van der Waals surface area contributed by atoms with Gasteiger partial charge in [0.25, 0.3) is 0 Å². The lowest BCUT2D eigenvalue weighted by Gasteiger charge is -2.30. The topological polar surface area (TPSA) is 41.6 Å². The van der Waals surface area contributed by atoms with Gasteiger partial charge < -0.3 is 15.0 Å². The van der Waals surface area contributed by atoms with Crippen LogP contribution in [0.5, 0.6) is 0 Å². The van der Waals surface area contributed by atoms with Crippen molar-refractivity contribution in [3.63, 3.8) is 0 Å². The third kappa shape index (κ3) is 3.45. The van der Waals surface area contributed by atoms with Crippen molar-refractivity contribution in [2.45, 2.75) is 64.1 Å². The first kappa shape index (κ1) is 13.8. The molecule has 18 heavy (non-hydrogen) atoms. The van der Waals surface area contributed by atoms with Gasteiger partial charge in [-0.15, -0.1) is 0 Å².